The first-order valence-corrected chi connectivity index (χ1v) is 10.2. The number of aryl methyl sites for hydroxylation is 1. The van der Waals surface area contributed by atoms with E-state index in [1.807, 2.05) is 24.3 Å². The van der Waals surface area contributed by atoms with E-state index < -0.39 is 6.04 Å². The number of likely N-dealkylation sites (tertiary alicyclic amines) is 1. The molecule has 1 fully saturated rings. The van der Waals surface area contributed by atoms with Crippen molar-refractivity contribution >= 4 is 11.8 Å². The number of amides is 2. The summed E-state index contributed by atoms with van der Waals surface area (Å²) >= 11 is 0. The third-order valence-corrected chi connectivity index (χ3v) is 5.36. The molecule has 8 nitrogen and oxygen atoms in total. The van der Waals surface area contributed by atoms with Crippen molar-refractivity contribution in [3.05, 3.63) is 65.5 Å². The summed E-state index contributed by atoms with van der Waals surface area (Å²) in [4.78, 5) is 31.7. The topological polar surface area (TPSA) is 97.6 Å². The molecule has 4 rings (SSSR count). The van der Waals surface area contributed by atoms with Crippen LogP contribution in [0.2, 0.25) is 0 Å². The van der Waals surface area contributed by atoms with E-state index in [2.05, 4.69) is 15.5 Å². The number of methoxy groups -OCH3 is 1. The van der Waals surface area contributed by atoms with Crippen LogP contribution in [0, 0.1) is 6.92 Å². The van der Waals surface area contributed by atoms with Crippen molar-refractivity contribution < 1.29 is 18.8 Å². The first-order valence-electron chi connectivity index (χ1n) is 10.2. The molecule has 2 amide bonds. The molecule has 2 aromatic carbocycles. The summed E-state index contributed by atoms with van der Waals surface area (Å²) < 4.78 is 10.1. The fraction of sp³-hybridized carbons (Fsp3) is 0.304. The third kappa shape index (κ3) is 4.58. The molecule has 3 aromatic rings. The number of rotatable bonds is 6. The maximum absolute atomic E-state index is 13.0. The number of hydrogen-bond acceptors (Lipinski definition) is 6. The van der Waals surface area contributed by atoms with Crippen LogP contribution in [0.4, 0.5) is 0 Å². The van der Waals surface area contributed by atoms with Gasteiger partial charge in [0.25, 0.3) is 5.91 Å². The summed E-state index contributed by atoms with van der Waals surface area (Å²) in [7, 11) is 1.61. The Morgan fingerprint density at radius 2 is 1.90 bits per heavy atom. The fourth-order valence-electron chi connectivity index (χ4n) is 3.68. The molecule has 0 saturated carbocycles. The zero-order valence-electron chi connectivity index (χ0n) is 17.5. The van der Waals surface area contributed by atoms with Crippen molar-refractivity contribution in [1.82, 2.24) is 20.4 Å². The molecule has 1 aliphatic rings. The van der Waals surface area contributed by atoms with E-state index >= 15 is 0 Å². The van der Waals surface area contributed by atoms with Gasteiger partial charge in [0.2, 0.25) is 17.6 Å². The normalized spacial score (nSPS) is 15.7. The maximum atomic E-state index is 13.0. The van der Waals surface area contributed by atoms with E-state index in [-0.39, 0.29) is 11.8 Å². The number of carbonyl (C=O) groups is 2. The van der Waals surface area contributed by atoms with Crippen LogP contribution in [0.15, 0.2) is 53.1 Å². The van der Waals surface area contributed by atoms with Crippen LogP contribution in [0.3, 0.4) is 0 Å². The second-order valence-electron chi connectivity index (χ2n) is 7.44. The minimum Gasteiger partial charge on any atom is -0.497 e. The van der Waals surface area contributed by atoms with E-state index in [0.29, 0.717) is 36.8 Å². The molecule has 160 valence electrons. The predicted octanol–water partition coefficient (Wildman–Crippen LogP) is 2.97. The Morgan fingerprint density at radius 1 is 1.16 bits per heavy atom. The highest BCUT2D eigenvalue weighted by Gasteiger charge is 2.34. The molecule has 1 saturated heterocycles. The van der Waals surface area contributed by atoms with Gasteiger partial charge in [-0.3, -0.25) is 9.59 Å². The first-order chi connectivity index (χ1) is 15.0. The van der Waals surface area contributed by atoms with Crippen molar-refractivity contribution in [2.45, 2.75) is 32.4 Å². The highest BCUT2D eigenvalue weighted by atomic mass is 16.5. The Bertz CT molecular complexity index is 1060. The van der Waals surface area contributed by atoms with Gasteiger partial charge in [-0.05, 0) is 42.7 Å². The zero-order valence-corrected chi connectivity index (χ0v) is 17.5. The largest absolute Gasteiger partial charge is 0.497 e. The quantitative estimate of drug-likeness (QED) is 0.658. The monoisotopic (exact) mass is 420 g/mol. The van der Waals surface area contributed by atoms with Gasteiger partial charge in [-0.15, -0.1) is 0 Å². The summed E-state index contributed by atoms with van der Waals surface area (Å²) in [5.41, 5.74) is 2.26. The highest BCUT2D eigenvalue weighted by molar-refractivity contribution is 5.98. The Kier molecular flexibility index (Phi) is 5.97. The van der Waals surface area contributed by atoms with Gasteiger partial charge in [-0.1, -0.05) is 29.4 Å². The van der Waals surface area contributed by atoms with E-state index in [0.717, 1.165) is 23.3 Å². The van der Waals surface area contributed by atoms with Crippen LogP contribution in [0.1, 0.15) is 34.7 Å². The van der Waals surface area contributed by atoms with Gasteiger partial charge in [0.15, 0.2) is 0 Å². The summed E-state index contributed by atoms with van der Waals surface area (Å²) in [6, 6.07) is 14.1. The zero-order chi connectivity index (χ0) is 21.8. The van der Waals surface area contributed by atoms with Crippen molar-refractivity contribution in [3.8, 4) is 17.1 Å². The van der Waals surface area contributed by atoms with Crippen molar-refractivity contribution in [2.24, 2.45) is 0 Å². The number of ether oxygens (including phenoxy) is 1. The lowest BCUT2D eigenvalue weighted by Crippen LogP contribution is -2.45. The number of aromatic nitrogens is 2. The lowest BCUT2D eigenvalue weighted by atomic mass is 10.1. The van der Waals surface area contributed by atoms with Gasteiger partial charge >= 0.3 is 0 Å². The van der Waals surface area contributed by atoms with Gasteiger partial charge in [-0.2, -0.15) is 4.98 Å². The van der Waals surface area contributed by atoms with E-state index in [9.17, 15) is 9.59 Å². The molecule has 1 aliphatic heterocycles. The van der Waals surface area contributed by atoms with Gasteiger partial charge in [0, 0.05) is 31.1 Å². The molecule has 1 atom stereocenters. The Hall–Kier alpha value is -3.68. The Balaban J connectivity index is 1.39. The standard InChI is InChI=1S/C23H24N4O4/c1-15-25-21(26-31-15)17-7-9-18(10-8-17)23(29)27-13-3-4-20(27)22(28)24-14-16-5-11-19(30-2)12-6-16/h5-12,20H,3-4,13-14H2,1-2H3,(H,24,28). The minimum absolute atomic E-state index is 0.138. The molecule has 1 N–H and O–H groups in total. The number of hydrogen-bond donors (Lipinski definition) is 1. The van der Waals surface area contributed by atoms with Gasteiger partial charge in [-0.25, -0.2) is 0 Å². The molecule has 31 heavy (non-hydrogen) atoms. The minimum atomic E-state index is -0.467. The van der Waals surface area contributed by atoms with E-state index in [1.54, 1.807) is 43.2 Å². The smallest absolute Gasteiger partial charge is 0.254 e. The van der Waals surface area contributed by atoms with Crippen LogP contribution in [0.5, 0.6) is 5.75 Å². The van der Waals surface area contributed by atoms with Crippen molar-refractivity contribution in [1.29, 1.82) is 0 Å². The molecule has 2 heterocycles. The fourth-order valence-corrected chi connectivity index (χ4v) is 3.68. The van der Waals surface area contributed by atoms with Gasteiger partial charge in [0.05, 0.1) is 7.11 Å². The Morgan fingerprint density at radius 3 is 2.55 bits per heavy atom. The van der Waals surface area contributed by atoms with Crippen LogP contribution < -0.4 is 10.1 Å². The van der Waals surface area contributed by atoms with Crippen molar-refractivity contribution in [2.75, 3.05) is 13.7 Å². The summed E-state index contributed by atoms with van der Waals surface area (Å²) in [6.45, 7) is 2.69. The molecule has 1 unspecified atom stereocenters. The number of nitrogens with zero attached hydrogens (tertiary/aromatic N) is 3. The maximum Gasteiger partial charge on any atom is 0.254 e. The predicted molar refractivity (Wildman–Crippen MR) is 113 cm³/mol. The molecular formula is C23H24N4O4. The SMILES string of the molecule is COc1ccc(CNC(=O)C2CCCN2C(=O)c2ccc(-c3noc(C)n3)cc2)cc1. The summed E-state index contributed by atoms with van der Waals surface area (Å²) in [5.74, 6) is 1.44. The molecule has 1 aromatic heterocycles. The van der Waals surface area contributed by atoms with Crippen molar-refractivity contribution in [3.63, 3.8) is 0 Å². The average molecular weight is 420 g/mol. The molecule has 0 spiro atoms. The average Bonchev–Trinajstić information content (AvgIpc) is 3.47. The van der Waals surface area contributed by atoms with Crippen LogP contribution in [-0.4, -0.2) is 46.6 Å². The summed E-state index contributed by atoms with van der Waals surface area (Å²) in [5, 5.41) is 6.83. The summed E-state index contributed by atoms with van der Waals surface area (Å²) in [6.07, 6.45) is 1.45. The number of benzene rings is 2. The third-order valence-electron chi connectivity index (χ3n) is 5.36. The van der Waals surface area contributed by atoms with E-state index in [1.165, 1.54) is 0 Å². The molecule has 0 radical (unpaired) electrons. The molecule has 0 aliphatic carbocycles. The second-order valence-corrected chi connectivity index (χ2v) is 7.44. The van der Waals surface area contributed by atoms with Crippen LogP contribution in [-0.2, 0) is 11.3 Å². The molecule has 8 heteroatoms. The molecule has 0 bridgehead atoms. The lowest BCUT2D eigenvalue weighted by molar-refractivity contribution is -0.125. The first kappa shape index (κ1) is 20.6. The lowest BCUT2D eigenvalue weighted by Gasteiger charge is -2.24. The molecular weight excluding hydrogens is 396 g/mol. The van der Waals surface area contributed by atoms with E-state index in [4.69, 9.17) is 9.26 Å². The van der Waals surface area contributed by atoms with Gasteiger partial charge < -0.3 is 19.5 Å². The Labute approximate surface area is 180 Å². The van der Waals surface area contributed by atoms with Crippen LogP contribution in [0.25, 0.3) is 11.4 Å². The second kappa shape index (κ2) is 8.99. The van der Waals surface area contributed by atoms with Gasteiger partial charge in [0.1, 0.15) is 11.8 Å². The number of nitrogens with one attached hydrogen (secondary N) is 1. The van der Waals surface area contributed by atoms with Crippen LogP contribution >= 0.6 is 0 Å². The highest BCUT2D eigenvalue weighted by Crippen LogP contribution is 2.22. The number of carbonyl (C=O) groups excluding carboxylic acids is 2.